The van der Waals surface area contributed by atoms with Crippen molar-refractivity contribution in [2.45, 2.75) is 26.1 Å². The molecule has 1 atom stereocenters. The first kappa shape index (κ1) is 19.9. The zero-order valence-corrected chi connectivity index (χ0v) is 16.5. The highest BCUT2D eigenvalue weighted by Gasteiger charge is 2.21. The third-order valence-electron chi connectivity index (χ3n) is 4.20. The van der Waals surface area contributed by atoms with Crippen LogP contribution in [0.2, 0.25) is 10.0 Å². The second kappa shape index (κ2) is 9.41. The highest BCUT2D eigenvalue weighted by atomic mass is 35.5. The van der Waals surface area contributed by atoms with E-state index in [9.17, 15) is 4.79 Å². The summed E-state index contributed by atoms with van der Waals surface area (Å²) in [5.74, 6) is 0.615. The average molecular weight is 413 g/mol. The van der Waals surface area contributed by atoms with E-state index in [1.807, 2.05) is 19.1 Å². The Morgan fingerprint density at radius 3 is 2.89 bits per heavy atom. The van der Waals surface area contributed by atoms with Gasteiger partial charge in [-0.05, 0) is 24.6 Å². The van der Waals surface area contributed by atoms with Gasteiger partial charge in [-0.2, -0.15) is 0 Å². The second-order valence-electron chi connectivity index (χ2n) is 6.47. The molecule has 2 amide bonds. The molecule has 7 nitrogen and oxygen atoms in total. The average Bonchev–Trinajstić information content (AvgIpc) is 3.07. The number of morpholine rings is 1. The van der Waals surface area contributed by atoms with Crippen LogP contribution in [0.25, 0.3) is 0 Å². The Morgan fingerprint density at radius 1 is 1.30 bits per heavy atom. The summed E-state index contributed by atoms with van der Waals surface area (Å²) >= 11 is 12.0. The third kappa shape index (κ3) is 6.10. The molecule has 0 saturated carbocycles. The number of ether oxygens (including phenoxy) is 1. The maximum absolute atomic E-state index is 11.9. The lowest BCUT2D eigenvalue weighted by Gasteiger charge is -2.33. The summed E-state index contributed by atoms with van der Waals surface area (Å²) in [5.41, 5.74) is 1.88. The van der Waals surface area contributed by atoms with Crippen LogP contribution in [0.4, 0.5) is 4.79 Å². The number of rotatable bonds is 6. The molecule has 1 aromatic carbocycles. The zero-order chi connectivity index (χ0) is 19.2. The van der Waals surface area contributed by atoms with E-state index in [0.717, 1.165) is 30.9 Å². The lowest BCUT2D eigenvalue weighted by atomic mass is 10.2. The number of amides is 2. The van der Waals surface area contributed by atoms with E-state index >= 15 is 0 Å². The van der Waals surface area contributed by atoms with Gasteiger partial charge in [0.15, 0.2) is 5.76 Å². The molecule has 3 rings (SSSR count). The molecule has 0 unspecified atom stereocenters. The molecule has 9 heteroatoms. The van der Waals surface area contributed by atoms with Crippen molar-refractivity contribution in [1.29, 1.82) is 0 Å². The van der Waals surface area contributed by atoms with Crippen molar-refractivity contribution < 1.29 is 14.1 Å². The molecule has 1 aliphatic rings. The summed E-state index contributed by atoms with van der Waals surface area (Å²) in [5, 5.41) is 10.4. The molecule has 1 fully saturated rings. The molecule has 27 heavy (non-hydrogen) atoms. The maximum atomic E-state index is 11.9. The lowest BCUT2D eigenvalue weighted by molar-refractivity contribution is -0.0287. The first-order valence-corrected chi connectivity index (χ1v) is 9.47. The van der Waals surface area contributed by atoms with Gasteiger partial charge in [-0.25, -0.2) is 4.79 Å². The topological polar surface area (TPSA) is 79.6 Å². The largest absolute Gasteiger partial charge is 0.374 e. The zero-order valence-electron chi connectivity index (χ0n) is 15.0. The van der Waals surface area contributed by atoms with Crippen molar-refractivity contribution >= 4 is 29.2 Å². The number of hydrogen-bond acceptors (Lipinski definition) is 5. The number of nitrogens with zero attached hydrogens (tertiary/aromatic N) is 2. The summed E-state index contributed by atoms with van der Waals surface area (Å²) in [6.45, 7) is 5.48. The summed E-state index contributed by atoms with van der Waals surface area (Å²) in [4.78, 5) is 14.2. The summed E-state index contributed by atoms with van der Waals surface area (Å²) < 4.78 is 10.8. The highest BCUT2D eigenvalue weighted by Crippen LogP contribution is 2.23. The number of nitrogens with one attached hydrogen (secondary N) is 2. The Labute approximate surface area is 167 Å². The molecule has 0 bridgehead atoms. The van der Waals surface area contributed by atoms with Crippen LogP contribution in [-0.2, 0) is 17.8 Å². The minimum Gasteiger partial charge on any atom is -0.374 e. The fraction of sp³-hybridized carbons (Fsp3) is 0.444. The van der Waals surface area contributed by atoms with E-state index in [2.05, 4.69) is 20.7 Å². The predicted octanol–water partition coefficient (Wildman–Crippen LogP) is 2.99. The van der Waals surface area contributed by atoms with Crippen LogP contribution in [0.3, 0.4) is 0 Å². The molecule has 0 spiro atoms. The third-order valence-corrected chi connectivity index (χ3v) is 4.94. The van der Waals surface area contributed by atoms with Gasteiger partial charge in [0, 0.05) is 32.2 Å². The van der Waals surface area contributed by atoms with Gasteiger partial charge < -0.3 is 19.9 Å². The van der Waals surface area contributed by atoms with Crippen molar-refractivity contribution in [3.8, 4) is 0 Å². The van der Waals surface area contributed by atoms with Crippen LogP contribution in [0.1, 0.15) is 17.0 Å². The Bertz CT molecular complexity index is 784. The molecule has 0 radical (unpaired) electrons. The van der Waals surface area contributed by atoms with Crippen molar-refractivity contribution in [1.82, 2.24) is 20.7 Å². The number of hydrogen-bond donors (Lipinski definition) is 2. The standard InChI is InChI=1S/C18H22Cl2N4O3/c1-12-6-14(27-23-12)8-21-18(25)22-9-15-11-24(4-5-26-15)10-13-2-3-16(19)17(20)7-13/h2-3,6-7,15H,4-5,8-11H2,1H3,(H2,21,22,25)/t15-/m0/s1. The number of aromatic nitrogens is 1. The van der Waals surface area contributed by atoms with Gasteiger partial charge in [-0.1, -0.05) is 34.4 Å². The molecule has 146 valence electrons. The van der Waals surface area contributed by atoms with Gasteiger partial charge in [0.05, 0.1) is 35.0 Å². The molecular formula is C18H22Cl2N4O3. The quantitative estimate of drug-likeness (QED) is 0.761. The first-order chi connectivity index (χ1) is 13.0. The second-order valence-corrected chi connectivity index (χ2v) is 7.29. The smallest absolute Gasteiger partial charge is 0.315 e. The number of urea groups is 1. The molecule has 2 N–H and O–H groups in total. The minimum atomic E-state index is -0.269. The van der Waals surface area contributed by atoms with Gasteiger partial charge in [-0.3, -0.25) is 4.90 Å². The van der Waals surface area contributed by atoms with Gasteiger partial charge in [0.2, 0.25) is 0 Å². The van der Waals surface area contributed by atoms with Gasteiger partial charge in [-0.15, -0.1) is 0 Å². The van der Waals surface area contributed by atoms with Crippen LogP contribution in [0, 0.1) is 6.92 Å². The van der Waals surface area contributed by atoms with Crippen molar-refractivity contribution in [2.75, 3.05) is 26.2 Å². The van der Waals surface area contributed by atoms with Crippen LogP contribution in [0.5, 0.6) is 0 Å². The molecule has 1 saturated heterocycles. The van der Waals surface area contributed by atoms with Crippen molar-refractivity contribution in [3.05, 3.63) is 51.3 Å². The van der Waals surface area contributed by atoms with Crippen LogP contribution in [0.15, 0.2) is 28.8 Å². The summed E-state index contributed by atoms with van der Waals surface area (Å²) in [7, 11) is 0. The Morgan fingerprint density at radius 2 is 2.15 bits per heavy atom. The number of benzene rings is 1. The van der Waals surface area contributed by atoms with Gasteiger partial charge in [0.25, 0.3) is 0 Å². The Kier molecular flexibility index (Phi) is 6.95. The fourth-order valence-electron chi connectivity index (χ4n) is 2.88. The van der Waals surface area contributed by atoms with E-state index in [4.69, 9.17) is 32.5 Å². The molecule has 1 aliphatic heterocycles. The van der Waals surface area contributed by atoms with Gasteiger partial charge >= 0.3 is 6.03 Å². The van der Waals surface area contributed by atoms with Crippen LogP contribution < -0.4 is 10.6 Å². The SMILES string of the molecule is Cc1cc(CNC(=O)NC[C@H]2CN(Cc3ccc(Cl)c(Cl)c3)CCO2)on1. The number of carbonyl (C=O) groups is 1. The first-order valence-electron chi connectivity index (χ1n) is 8.71. The predicted molar refractivity (Wildman–Crippen MR) is 103 cm³/mol. The van der Waals surface area contributed by atoms with Crippen LogP contribution >= 0.6 is 23.2 Å². The number of carbonyl (C=O) groups excluding carboxylic acids is 1. The molecule has 2 heterocycles. The Hall–Kier alpha value is -1.80. The molecular weight excluding hydrogens is 391 g/mol. The monoisotopic (exact) mass is 412 g/mol. The minimum absolute atomic E-state index is 0.0696. The van der Waals surface area contributed by atoms with Crippen molar-refractivity contribution in [2.24, 2.45) is 0 Å². The van der Waals surface area contributed by atoms with E-state index in [-0.39, 0.29) is 12.1 Å². The molecule has 0 aliphatic carbocycles. The number of halogens is 2. The lowest BCUT2D eigenvalue weighted by Crippen LogP contribution is -2.48. The van der Waals surface area contributed by atoms with E-state index < -0.39 is 0 Å². The maximum Gasteiger partial charge on any atom is 0.315 e. The summed E-state index contributed by atoms with van der Waals surface area (Å²) in [6, 6.07) is 7.17. The molecule has 1 aromatic heterocycles. The van der Waals surface area contributed by atoms with E-state index in [1.54, 1.807) is 12.1 Å². The van der Waals surface area contributed by atoms with Crippen molar-refractivity contribution in [3.63, 3.8) is 0 Å². The van der Waals surface area contributed by atoms with E-state index in [0.29, 0.717) is 35.5 Å². The van der Waals surface area contributed by atoms with E-state index in [1.165, 1.54) is 0 Å². The Balaban J connectivity index is 1.41. The van der Waals surface area contributed by atoms with Crippen LogP contribution in [-0.4, -0.2) is 48.4 Å². The fourth-order valence-corrected chi connectivity index (χ4v) is 3.20. The number of aryl methyl sites for hydroxylation is 1. The highest BCUT2D eigenvalue weighted by molar-refractivity contribution is 6.42. The molecule has 2 aromatic rings. The normalized spacial score (nSPS) is 17.7. The summed E-state index contributed by atoms with van der Waals surface area (Å²) in [6.07, 6.45) is -0.0696. The van der Waals surface area contributed by atoms with Gasteiger partial charge in [0.1, 0.15) is 0 Å².